The van der Waals surface area contributed by atoms with Crippen LogP contribution in [0.15, 0.2) is 24.3 Å². The number of carbonyl (C=O) groups is 1. The zero-order valence-electron chi connectivity index (χ0n) is 8.08. The maximum Gasteiger partial charge on any atom is 0.337 e. The van der Waals surface area contributed by atoms with Gasteiger partial charge in [-0.3, -0.25) is 10.4 Å². The molecule has 0 aliphatic heterocycles. The minimum Gasteiger partial charge on any atom is -0.465 e. The number of hydrogen-bond donors (Lipinski definition) is 2. The molecule has 82 valence electrons. The van der Waals surface area contributed by atoms with Crippen molar-refractivity contribution in [3.05, 3.63) is 35.4 Å². The smallest absolute Gasteiger partial charge is 0.337 e. The third-order valence-electron chi connectivity index (χ3n) is 1.69. The van der Waals surface area contributed by atoms with Crippen LogP contribution in [0.5, 0.6) is 0 Å². The lowest BCUT2D eigenvalue weighted by atomic mass is 10.1. The maximum atomic E-state index is 11.1. The molecule has 0 saturated carbocycles. The molecule has 0 atom stereocenters. The van der Waals surface area contributed by atoms with Crippen molar-refractivity contribution >= 4 is 5.97 Å². The van der Waals surface area contributed by atoms with Gasteiger partial charge in [-0.15, -0.1) is 0 Å². The van der Waals surface area contributed by atoms with E-state index in [4.69, 9.17) is 10.4 Å². The van der Waals surface area contributed by atoms with Crippen molar-refractivity contribution in [2.45, 2.75) is 6.61 Å². The summed E-state index contributed by atoms with van der Waals surface area (Å²) in [6.07, 6.45) is 0. The molecule has 0 aromatic heterocycles. The summed E-state index contributed by atoms with van der Waals surface area (Å²) in [5, 5.41) is 16.2. The maximum absolute atomic E-state index is 11.1. The van der Waals surface area contributed by atoms with Crippen molar-refractivity contribution in [2.75, 3.05) is 7.11 Å². The predicted molar refractivity (Wildman–Crippen MR) is 48.0 cm³/mol. The van der Waals surface area contributed by atoms with Gasteiger partial charge in [0, 0.05) is 0 Å². The molecule has 2 N–H and O–H groups in total. The third-order valence-corrected chi connectivity index (χ3v) is 1.69. The summed E-state index contributed by atoms with van der Waals surface area (Å²) in [5.74, 6) is -0.457. The van der Waals surface area contributed by atoms with E-state index in [0.717, 1.165) is 0 Å². The van der Waals surface area contributed by atoms with Crippen molar-refractivity contribution in [1.29, 1.82) is 0 Å². The molecule has 0 fully saturated rings. The zero-order valence-corrected chi connectivity index (χ0v) is 8.08. The van der Waals surface area contributed by atoms with E-state index >= 15 is 0 Å². The highest BCUT2D eigenvalue weighted by atomic mass is 17.1. The first-order valence-corrected chi connectivity index (χ1v) is 4.11. The van der Waals surface area contributed by atoms with Crippen LogP contribution in [0.4, 0.5) is 0 Å². The van der Waals surface area contributed by atoms with Crippen LogP contribution in [-0.4, -0.2) is 28.9 Å². The molecule has 1 aromatic rings. The summed E-state index contributed by atoms with van der Waals surface area (Å²) in [5.41, 5.74) is 0.993. The summed E-state index contributed by atoms with van der Waals surface area (Å²) in [6, 6.07) is 6.44. The molecule has 0 aliphatic rings. The minimum atomic E-state index is -0.457. The quantitative estimate of drug-likeness (QED) is 0.573. The van der Waals surface area contributed by atoms with E-state index in [-0.39, 0.29) is 12.0 Å². The molecule has 6 heteroatoms. The third kappa shape index (κ3) is 3.64. The fraction of sp³-hybridized carbons (Fsp3) is 0.222. The van der Waals surface area contributed by atoms with Gasteiger partial charge in [0.2, 0.25) is 0 Å². The number of benzene rings is 1. The Morgan fingerprint density at radius 3 is 2.80 bits per heavy atom. The number of esters is 1. The Balaban J connectivity index is 2.70. The number of hydrogen-bond acceptors (Lipinski definition) is 6. The molecule has 0 radical (unpaired) electrons. The van der Waals surface area contributed by atoms with Gasteiger partial charge in [-0.2, -0.15) is 0 Å². The second-order valence-corrected chi connectivity index (χ2v) is 2.72. The van der Waals surface area contributed by atoms with Crippen LogP contribution >= 0.6 is 0 Å². The highest BCUT2D eigenvalue weighted by Gasteiger charge is 2.06. The first-order chi connectivity index (χ1) is 7.13. The first-order valence-electron chi connectivity index (χ1n) is 4.11. The van der Waals surface area contributed by atoms with Gasteiger partial charge in [0.25, 0.3) is 0 Å². The van der Waals surface area contributed by atoms with E-state index in [0.29, 0.717) is 11.1 Å². The van der Waals surface area contributed by atoms with Gasteiger partial charge in [0.05, 0.1) is 24.7 Å². The van der Waals surface area contributed by atoms with Gasteiger partial charge in [-0.25, -0.2) is 9.63 Å². The summed E-state index contributed by atoms with van der Waals surface area (Å²) in [6.45, 7) is -0.0577. The van der Waals surface area contributed by atoms with Gasteiger partial charge in [-0.05, 0) is 17.7 Å². The molecule has 0 amide bonds. The zero-order chi connectivity index (χ0) is 11.3. The van der Waals surface area contributed by atoms with E-state index in [1.807, 2.05) is 0 Å². The molecule has 0 saturated heterocycles. The van der Waals surface area contributed by atoms with Gasteiger partial charge < -0.3 is 4.74 Å². The van der Waals surface area contributed by atoms with E-state index in [1.54, 1.807) is 18.2 Å². The van der Waals surface area contributed by atoms with Crippen LogP contribution in [-0.2, 0) is 16.2 Å². The second kappa shape index (κ2) is 5.42. The monoisotopic (exact) mass is 213 g/mol. The lowest BCUT2D eigenvalue weighted by Crippen LogP contribution is -2.14. The fourth-order valence-corrected chi connectivity index (χ4v) is 1.04. The fourth-order valence-electron chi connectivity index (χ4n) is 1.04. The van der Waals surface area contributed by atoms with E-state index in [1.165, 1.54) is 13.2 Å². The van der Waals surface area contributed by atoms with Gasteiger partial charge in [0.1, 0.15) is 0 Å². The normalized spacial score (nSPS) is 10.4. The molecular formula is C9H11NO5. The Hall–Kier alpha value is -1.47. The molecule has 0 bridgehead atoms. The molecule has 0 spiro atoms. The average Bonchev–Trinajstić information content (AvgIpc) is 2.25. The number of methoxy groups -OCH3 is 1. The van der Waals surface area contributed by atoms with Gasteiger partial charge >= 0.3 is 5.97 Å². The van der Waals surface area contributed by atoms with E-state index in [2.05, 4.69) is 9.57 Å². The van der Waals surface area contributed by atoms with Crippen molar-refractivity contribution in [2.24, 2.45) is 0 Å². The minimum absolute atomic E-state index is 0.0577. The van der Waals surface area contributed by atoms with Gasteiger partial charge in [-0.1, -0.05) is 12.1 Å². The number of nitrogens with zero attached hydrogens (tertiary/aromatic N) is 1. The van der Waals surface area contributed by atoms with Crippen LogP contribution in [0.1, 0.15) is 15.9 Å². The summed E-state index contributed by atoms with van der Waals surface area (Å²) >= 11 is 0. The number of rotatable bonds is 4. The predicted octanol–water partition coefficient (Wildman–Crippen LogP) is 0.985. The number of ether oxygens (including phenoxy) is 1. The van der Waals surface area contributed by atoms with Crippen LogP contribution < -0.4 is 0 Å². The van der Waals surface area contributed by atoms with Crippen molar-refractivity contribution < 1.29 is 24.8 Å². The van der Waals surface area contributed by atoms with Crippen molar-refractivity contribution in [3.63, 3.8) is 0 Å². The highest BCUT2D eigenvalue weighted by molar-refractivity contribution is 5.89. The van der Waals surface area contributed by atoms with E-state index in [9.17, 15) is 4.79 Å². The van der Waals surface area contributed by atoms with Crippen molar-refractivity contribution in [3.8, 4) is 0 Å². The Morgan fingerprint density at radius 2 is 2.20 bits per heavy atom. The first kappa shape index (κ1) is 11.6. The van der Waals surface area contributed by atoms with Crippen LogP contribution in [0, 0.1) is 0 Å². The van der Waals surface area contributed by atoms with Crippen LogP contribution in [0.25, 0.3) is 0 Å². The molecule has 1 rings (SSSR count). The lowest BCUT2D eigenvalue weighted by Gasteiger charge is -2.07. The SMILES string of the molecule is COC(=O)c1cccc(CON(O)O)c1. The Labute approximate surface area is 86.1 Å². The Morgan fingerprint density at radius 1 is 1.47 bits per heavy atom. The molecule has 0 heterocycles. The molecular weight excluding hydrogens is 202 g/mol. The van der Waals surface area contributed by atoms with Crippen molar-refractivity contribution in [1.82, 2.24) is 5.39 Å². The summed E-state index contributed by atoms with van der Waals surface area (Å²) in [4.78, 5) is 15.5. The molecule has 1 aromatic carbocycles. The topological polar surface area (TPSA) is 79.2 Å². The van der Waals surface area contributed by atoms with E-state index < -0.39 is 5.97 Å². The summed E-state index contributed by atoms with van der Waals surface area (Å²) < 4.78 is 4.53. The Bertz CT molecular complexity index is 339. The Kier molecular flexibility index (Phi) is 4.19. The molecule has 15 heavy (non-hydrogen) atoms. The molecule has 0 unspecified atom stereocenters. The second-order valence-electron chi connectivity index (χ2n) is 2.72. The highest BCUT2D eigenvalue weighted by Crippen LogP contribution is 2.07. The summed E-state index contributed by atoms with van der Waals surface area (Å²) in [7, 11) is 1.29. The number of carbonyl (C=O) groups excluding carboxylic acids is 1. The lowest BCUT2D eigenvalue weighted by molar-refractivity contribution is -0.497. The largest absolute Gasteiger partial charge is 0.465 e. The standard InChI is InChI=1S/C9H11NO5/c1-14-9(11)8-4-2-3-7(5-8)6-15-10(12)13/h2-5,12-13H,6H2,1H3. The van der Waals surface area contributed by atoms with Crippen LogP contribution in [0.2, 0.25) is 0 Å². The van der Waals surface area contributed by atoms with Crippen LogP contribution in [0.3, 0.4) is 0 Å². The molecule has 6 nitrogen and oxygen atoms in total. The molecule has 0 aliphatic carbocycles. The van der Waals surface area contributed by atoms with Gasteiger partial charge in [0.15, 0.2) is 0 Å². The average molecular weight is 213 g/mol.